The third-order valence-electron chi connectivity index (χ3n) is 4.40. The number of ether oxygens (including phenoxy) is 1. The summed E-state index contributed by atoms with van der Waals surface area (Å²) in [5.41, 5.74) is 1.76. The zero-order valence-corrected chi connectivity index (χ0v) is 13.2. The summed E-state index contributed by atoms with van der Waals surface area (Å²) >= 11 is 0. The second kappa shape index (κ2) is 6.08. The summed E-state index contributed by atoms with van der Waals surface area (Å²) in [4.78, 5) is 0. The summed E-state index contributed by atoms with van der Waals surface area (Å²) in [7, 11) is 0. The molecule has 0 saturated heterocycles. The predicted octanol–water partition coefficient (Wildman–Crippen LogP) is 3.44. The van der Waals surface area contributed by atoms with Gasteiger partial charge >= 0.3 is 0 Å². The van der Waals surface area contributed by atoms with Crippen molar-refractivity contribution >= 4 is 16.9 Å². The zero-order chi connectivity index (χ0) is 15.6. The van der Waals surface area contributed by atoms with E-state index >= 15 is 0 Å². The van der Waals surface area contributed by atoms with Crippen LogP contribution in [0.15, 0.2) is 24.3 Å². The largest absolute Gasteiger partial charge is 0.478 e. The maximum Gasteiger partial charge on any atom is 0.211 e. The molecule has 2 aromatic rings. The number of allylic oxidation sites excluding steroid dienone is 1. The van der Waals surface area contributed by atoms with Crippen LogP contribution in [0, 0.1) is 0 Å². The monoisotopic (exact) mass is 301 g/mol. The predicted molar refractivity (Wildman–Crippen MR) is 86.1 cm³/mol. The lowest BCUT2D eigenvalue weighted by Gasteiger charge is -2.33. The normalized spacial score (nSPS) is 18.6. The second-order valence-electron chi connectivity index (χ2n) is 5.83. The molecule has 22 heavy (non-hydrogen) atoms. The number of aliphatic hydroxyl groups is 1. The molecule has 3 rings (SSSR count). The van der Waals surface area contributed by atoms with Gasteiger partial charge in [0.2, 0.25) is 5.88 Å². The minimum absolute atomic E-state index is 0.563. The van der Waals surface area contributed by atoms with E-state index in [9.17, 15) is 5.11 Å². The Morgan fingerprint density at radius 2 is 2.14 bits per heavy atom. The average Bonchev–Trinajstić information content (AvgIpc) is 2.97. The quantitative estimate of drug-likeness (QED) is 0.879. The molecule has 0 unspecified atom stereocenters. The van der Waals surface area contributed by atoms with Crippen LogP contribution in [0.1, 0.15) is 51.5 Å². The summed E-state index contributed by atoms with van der Waals surface area (Å²) in [6.45, 7) is 4.42. The first-order valence-electron chi connectivity index (χ1n) is 8.06. The fourth-order valence-corrected chi connectivity index (χ4v) is 3.32. The van der Waals surface area contributed by atoms with E-state index in [-0.39, 0.29) is 0 Å². The van der Waals surface area contributed by atoms with Crippen molar-refractivity contribution in [3.05, 3.63) is 29.8 Å². The topological polar surface area (TPSA) is 60.2 Å². The third-order valence-corrected chi connectivity index (χ3v) is 4.40. The van der Waals surface area contributed by atoms with E-state index in [2.05, 4.69) is 10.3 Å². The zero-order valence-electron chi connectivity index (χ0n) is 13.2. The molecule has 1 aliphatic rings. The summed E-state index contributed by atoms with van der Waals surface area (Å²) in [5, 5.41) is 19.6. The van der Waals surface area contributed by atoms with Crippen LogP contribution in [0.5, 0.6) is 0 Å². The van der Waals surface area contributed by atoms with Crippen molar-refractivity contribution in [3.63, 3.8) is 0 Å². The standard InChI is InChI=1S/C17H23N3O2/c1-3-15(22-4-2)20-16-13(9-8-10-14(16)18-19-20)17(21)11-6-5-7-12-17/h3,8-10,21H,4-7,11-12H2,1-2H3. The van der Waals surface area contributed by atoms with E-state index in [0.29, 0.717) is 12.5 Å². The second-order valence-corrected chi connectivity index (χ2v) is 5.83. The Hall–Kier alpha value is -1.88. The molecule has 0 bridgehead atoms. The highest BCUT2D eigenvalue weighted by molar-refractivity contribution is 5.81. The van der Waals surface area contributed by atoms with Crippen LogP contribution >= 0.6 is 0 Å². The number of benzene rings is 1. The molecule has 0 radical (unpaired) electrons. The molecule has 5 nitrogen and oxygen atoms in total. The molecule has 5 heteroatoms. The van der Waals surface area contributed by atoms with Gasteiger partial charge in [-0.05, 0) is 38.8 Å². The SMILES string of the molecule is CC=C(OCC)n1nnc2cccc(C3(O)CCCCC3)c21. The number of hydrogen-bond acceptors (Lipinski definition) is 4. The van der Waals surface area contributed by atoms with Gasteiger partial charge < -0.3 is 9.84 Å². The van der Waals surface area contributed by atoms with Crippen LogP contribution in [0.25, 0.3) is 16.9 Å². The van der Waals surface area contributed by atoms with Crippen molar-refractivity contribution in [2.75, 3.05) is 6.61 Å². The van der Waals surface area contributed by atoms with E-state index in [4.69, 9.17) is 4.74 Å². The minimum Gasteiger partial charge on any atom is -0.478 e. The van der Waals surface area contributed by atoms with Gasteiger partial charge in [-0.2, -0.15) is 4.68 Å². The van der Waals surface area contributed by atoms with E-state index in [0.717, 1.165) is 42.3 Å². The summed E-state index contributed by atoms with van der Waals surface area (Å²) in [5.74, 6) is 0.650. The Balaban J connectivity index is 2.16. The molecule has 0 atom stereocenters. The lowest BCUT2D eigenvalue weighted by Crippen LogP contribution is -2.29. The van der Waals surface area contributed by atoms with Crippen molar-refractivity contribution < 1.29 is 9.84 Å². The highest BCUT2D eigenvalue weighted by atomic mass is 16.5. The van der Waals surface area contributed by atoms with Gasteiger partial charge in [0.25, 0.3) is 0 Å². The Morgan fingerprint density at radius 3 is 2.82 bits per heavy atom. The summed E-state index contributed by atoms with van der Waals surface area (Å²) in [6, 6.07) is 5.86. The van der Waals surface area contributed by atoms with Crippen molar-refractivity contribution in [2.45, 2.75) is 51.6 Å². The maximum absolute atomic E-state index is 11.1. The van der Waals surface area contributed by atoms with Crippen molar-refractivity contribution in [1.82, 2.24) is 15.0 Å². The maximum atomic E-state index is 11.1. The number of hydrogen-bond donors (Lipinski definition) is 1. The van der Waals surface area contributed by atoms with Crippen molar-refractivity contribution in [1.29, 1.82) is 0 Å². The number of rotatable bonds is 4. The molecule has 1 N–H and O–H groups in total. The first-order chi connectivity index (χ1) is 10.7. The highest BCUT2D eigenvalue weighted by Crippen LogP contribution is 2.40. The van der Waals surface area contributed by atoms with Crippen molar-refractivity contribution in [2.24, 2.45) is 0 Å². The lowest BCUT2D eigenvalue weighted by molar-refractivity contribution is 0.000478. The first-order valence-corrected chi connectivity index (χ1v) is 8.06. The number of aromatic nitrogens is 3. The van der Waals surface area contributed by atoms with Crippen LogP contribution in [0.3, 0.4) is 0 Å². The molecule has 0 aliphatic heterocycles. The minimum atomic E-state index is -0.789. The Bertz CT molecular complexity index is 684. The third kappa shape index (κ3) is 2.50. The fraction of sp³-hybridized carbons (Fsp3) is 0.529. The molecule has 1 aliphatic carbocycles. The lowest BCUT2D eigenvalue weighted by atomic mass is 9.79. The number of para-hydroxylation sites is 1. The molecule has 1 aromatic heterocycles. The Kier molecular flexibility index (Phi) is 4.16. The molecule has 0 amide bonds. The summed E-state index contributed by atoms with van der Waals surface area (Å²) < 4.78 is 7.37. The smallest absolute Gasteiger partial charge is 0.211 e. The van der Waals surface area contributed by atoms with Crippen LogP contribution in [-0.2, 0) is 10.3 Å². The average molecular weight is 301 g/mol. The van der Waals surface area contributed by atoms with Crippen molar-refractivity contribution in [3.8, 4) is 0 Å². The Labute approximate surface area is 130 Å². The molecule has 1 aromatic carbocycles. The van der Waals surface area contributed by atoms with Gasteiger partial charge in [-0.3, -0.25) is 0 Å². The number of fused-ring (bicyclic) bond motifs is 1. The van der Waals surface area contributed by atoms with Crippen LogP contribution in [0.4, 0.5) is 0 Å². The van der Waals surface area contributed by atoms with E-state index in [1.54, 1.807) is 4.68 Å². The molecule has 0 spiro atoms. The van der Waals surface area contributed by atoms with E-state index < -0.39 is 5.60 Å². The van der Waals surface area contributed by atoms with Gasteiger partial charge in [-0.1, -0.05) is 36.6 Å². The van der Waals surface area contributed by atoms with Gasteiger partial charge in [0.1, 0.15) is 11.0 Å². The van der Waals surface area contributed by atoms with Gasteiger partial charge in [0.05, 0.1) is 12.2 Å². The summed E-state index contributed by atoms with van der Waals surface area (Å²) in [6.07, 6.45) is 6.75. The first kappa shape index (κ1) is 15.0. The highest BCUT2D eigenvalue weighted by Gasteiger charge is 2.34. The van der Waals surface area contributed by atoms with Crippen LogP contribution in [-0.4, -0.2) is 26.7 Å². The molecule has 1 fully saturated rings. The van der Waals surface area contributed by atoms with Gasteiger partial charge in [0, 0.05) is 5.56 Å². The molecular weight excluding hydrogens is 278 g/mol. The van der Waals surface area contributed by atoms with E-state index in [1.165, 1.54) is 6.42 Å². The molecule has 1 saturated carbocycles. The van der Waals surface area contributed by atoms with Crippen LogP contribution < -0.4 is 0 Å². The van der Waals surface area contributed by atoms with Gasteiger partial charge in [-0.25, -0.2) is 0 Å². The van der Waals surface area contributed by atoms with E-state index in [1.807, 2.05) is 38.1 Å². The Morgan fingerprint density at radius 1 is 1.36 bits per heavy atom. The molecule has 118 valence electrons. The van der Waals surface area contributed by atoms with Gasteiger partial charge in [-0.15, -0.1) is 5.10 Å². The van der Waals surface area contributed by atoms with Crippen LogP contribution in [0.2, 0.25) is 0 Å². The molecular formula is C17H23N3O2. The fourth-order valence-electron chi connectivity index (χ4n) is 3.32. The van der Waals surface area contributed by atoms with Gasteiger partial charge in [0.15, 0.2) is 0 Å². The number of nitrogens with zero attached hydrogens (tertiary/aromatic N) is 3. The molecule has 1 heterocycles.